The summed E-state index contributed by atoms with van der Waals surface area (Å²) in [6, 6.07) is 12.0. The third kappa shape index (κ3) is 4.17. The molecule has 0 N–H and O–H groups in total. The maximum atomic E-state index is 13.2. The van der Waals surface area contributed by atoms with E-state index in [9.17, 15) is 9.59 Å². The van der Waals surface area contributed by atoms with Gasteiger partial charge in [0.2, 0.25) is 5.91 Å². The van der Waals surface area contributed by atoms with E-state index >= 15 is 0 Å². The Morgan fingerprint density at radius 1 is 1.10 bits per heavy atom. The van der Waals surface area contributed by atoms with E-state index in [1.54, 1.807) is 35.4 Å². The summed E-state index contributed by atoms with van der Waals surface area (Å²) >= 11 is 0. The summed E-state index contributed by atoms with van der Waals surface area (Å²) in [5, 5.41) is 9.14. The van der Waals surface area contributed by atoms with Crippen molar-refractivity contribution >= 4 is 11.8 Å². The predicted molar refractivity (Wildman–Crippen MR) is 106 cm³/mol. The maximum Gasteiger partial charge on any atom is 0.254 e. The van der Waals surface area contributed by atoms with Crippen LogP contribution in [0.3, 0.4) is 0 Å². The van der Waals surface area contributed by atoms with Crippen LogP contribution in [-0.2, 0) is 11.3 Å². The number of benzene rings is 1. The second-order valence-electron chi connectivity index (χ2n) is 7.55. The predicted octanol–water partition coefficient (Wildman–Crippen LogP) is 2.10. The Labute approximate surface area is 170 Å². The van der Waals surface area contributed by atoms with Gasteiger partial charge in [0.25, 0.3) is 5.91 Å². The topological polar surface area (TPSA) is 80.8 Å². The Morgan fingerprint density at radius 3 is 2.66 bits per heavy atom. The van der Waals surface area contributed by atoms with Gasteiger partial charge in [-0.3, -0.25) is 14.5 Å². The van der Waals surface area contributed by atoms with E-state index in [0.717, 1.165) is 31.7 Å². The van der Waals surface area contributed by atoms with Gasteiger partial charge >= 0.3 is 0 Å². The number of hydrogen-bond donors (Lipinski definition) is 0. The molecule has 150 valence electrons. The molecule has 7 heteroatoms. The third-order valence-corrected chi connectivity index (χ3v) is 5.63. The van der Waals surface area contributed by atoms with E-state index in [4.69, 9.17) is 9.68 Å². The van der Waals surface area contributed by atoms with Gasteiger partial charge in [-0.2, -0.15) is 5.26 Å². The number of amides is 2. The smallest absolute Gasteiger partial charge is 0.254 e. The summed E-state index contributed by atoms with van der Waals surface area (Å²) in [6.07, 6.45) is 3.66. The summed E-state index contributed by atoms with van der Waals surface area (Å²) < 4.78 is 5.45. The zero-order valence-electron chi connectivity index (χ0n) is 16.3. The van der Waals surface area contributed by atoms with Crippen molar-refractivity contribution in [2.45, 2.75) is 25.4 Å². The molecule has 2 aromatic rings. The van der Waals surface area contributed by atoms with Crippen LogP contribution in [0.25, 0.3) is 0 Å². The second kappa shape index (κ2) is 8.50. The minimum Gasteiger partial charge on any atom is -0.468 e. The van der Waals surface area contributed by atoms with Crippen LogP contribution in [0, 0.1) is 11.3 Å². The number of nitrogens with zero attached hydrogens (tertiary/aromatic N) is 4. The Kier molecular flexibility index (Phi) is 5.63. The van der Waals surface area contributed by atoms with Gasteiger partial charge in [0, 0.05) is 38.3 Å². The van der Waals surface area contributed by atoms with Crippen LogP contribution in [0.15, 0.2) is 47.1 Å². The van der Waals surface area contributed by atoms with Crippen molar-refractivity contribution in [1.82, 2.24) is 14.7 Å². The Balaban J connectivity index is 1.56. The second-order valence-corrected chi connectivity index (χ2v) is 7.55. The van der Waals surface area contributed by atoms with Crippen LogP contribution in [0.1, 0.15) is 34.5 Å². The van der Waals surface area contributed by atoms with E-state index in [2.05, 4.69) is 11.0 Å². The number of furan rings is 1. The minimum absolute atomic E-state index is 0.0106. The van der Waals surface area contributed by atoms with Crippen LogP contribution >= 0.6 is 0 Å². The number of likely N-dealkylation sites (tertiary alicyclic amines) is 1. The number of hydrogen-bond acceptors (Lipinski definition) is 5. The van der Waals surface area contributed by atoms with Crippen molar-refractivity contribution in [2.24, 2.45) is 0 Å². The summed E-state index contributed by atoms with van der Waals surface area (Å²) in [5.41, 5.74) is 0.887. The Hall–Kier alpha value is -3.11. The van der Waals surface area contributed by atoms with Gasteiger partial charge in [-0.05, 0) is 43.2 Å². The molecule has 2 amide bonds. The number of carbonyl (C=O) groups excluding carboxylic acids is 2. The molecule has 4 rings (SSSR count). The fourth-order valence-electron chi connectivity index (χ4n) is 4.10. The van der Waals surface area contributed by atoms with E-state index in [1.165, 1.54) is 0 Å². The summed E-state index contributed by atoms with van der Waals surface area (Å²) in [7, 11) is 0. The molecule has 1 aromatic carbocycles. The maximum absolute atomic E-state index is 13.2. The first-order valence-electron chi connectivity index (χ1n) is 10.0. The lowest BCUT2D eigenvalue weighted by molar-refractivity contribution is -0.137. The molecule has 2 aliphatic heterocycles. The highest BCUT2D eigenvalue weighted by Crippen LogP contribution is 2.21. The highest BCUT2D eigenvalue weighted by Gasteiger charge is 2.38. The summed E-state index contributed by atoms with van der Waals surface area (Å²) in [4.78, 5) is 32.2. The standard InChI is InChI=1S/C22H24N4O3/c23-14-17-5-3-6-18(13-17)21(27)26-11-10-24(15-19-7-4-12-29-19)16-20(26)22(28)25-8-1-2-9-25/h3-7,12-13,20H,1-2,8-11,15-16H2. The first-order valence-corrected chi connectivity index (χ1v) is 10.0. The Morgan fingerprint density at radius 2 is 1.93 bits per heavy atom. The number of nitriles is 1. The molecule has 1 atom stereocenters. The van der Waals surface area contributed by atoms with E-state index in [0.29, 0.717) is 37.3 Å². The lowest BCUT2D eigenvalue weighted by Crippen LogP contribution is -2.60. The average Bonchev–Trinajstić information content (AvgIpc) is 3.47. The highest BCUT2D eigenvalue weighted by atomic mass is 16.3. The molecule has 29 heavy (non-hydrogen) atoms. The quantitative estimate of drug-likeness (QED) is 0.796. The minimum atomic E-state index is -0.532. The van der Waals surface area contributed by atoms with Crippen LogP contribution in [0.2, 0.25) is 0 Å². The molecule has 7 nitrogen and oxygen atoms in total. The number of rotatable bonds is 4. The molecule has 2 fully saturated rings. The molecule has 2 aliphatic rings. The average molecular weight is 392 g/mol. The molecule has 0 spiro atoms. The number of carbonyl (C=O) groups is 2. The van der Waals surface area contributed by atoms with Crippen molar-refractivity contribution in [2.75, 3.05) is 32.7 Å². The molecule has 0 saturated carbocycles. The van der Waals surface area contributed by atoms with E-state index in [-0.39, 0.29) is 11.8 Å². The summed E-state index contributed by atoms with van der Waals surface area (Å²) in [6.45, 7) is 3.70. The van der Waals surface area contributed by atoms with Crippen LogP contribution in [0.4, 0.5) is 0 Å². The lowest BCUT2D eigenvalue weighted by Gasteiger charge is -2.41. The molecular weight excluding hydrogens is 368 g/mol. The van der Waals surface area contributed by atoms with Crippen LogP contribution < -0.4 is 0 Å². The Bertz CT molecular complexity index is 912. The van der Waals surface area contributed by atoms with Crippen molar-refractivity contribution in [3.05, 3.63) is 59.5 Å². The zero-order chi connectivity index (χ0) is 20.2. The van der Waals surface area contributed by atoms with Gasteiger partial charge < -0.3 is 14.2 Å². The fraction of sp³-hybridized carbons (Fsp3) is 0.409. The molecular formula is C22H24N4O3. The molecule has 1 unspecified atom stereocenters. The van der Waals surface area contributed by atoms with Gasteiger partial charge in [0.15, 0.2) is 0 Å². The van der Waals surface area contributed by atoms with Crippen LogP contribution in [0.5, 0.6) is 0 Å². The first-order chi connectivity index (χ1) is 14.2. The van der Waals surface area contributed by atoms with Gasteiger partial charge in [0.1, 0.15) is 11.8 Å². The first kappa shape index (κ1) is 19.2. The third-order valence-electron chi connectivity index (χ3n) is 5.63. The van der Waals surface area contributed by atoms with E-state index in [1.807, 2.05) is 17.0 Å². The summed E-state index contributed by atoms with van der Waals surface area (Å²) in [5.74, 6) is 0.660. The molecule has 2 saturated heterocycles. The molecule has 3 heterocycles. The monoisotopic (exact) mass is 392 g/mol. The van der Waals surface area contributed by atoms with Gasteiger partial charge in [-0.25, -0.2) is 0 Å². The normalized spacial score (nSPS) is 19.9. The van der Waals surface area contributed by atoms with Crippen molar-refractivity contribution in [3.63, 3.8) is 0 Å². The number of piperazine rings is 1. The van der Waals surface area contributed by atoms with Crippen molar-refractivity contribution in [3.8, 4) is 6.07 Å². The van der Waals surface area contributed by atoms with Gasteiger partial charge in [0.05, 0.1) is 24.4 Å². The molecule has 1 aromatic heterocycles. The van der Waals surface area contributed by atoms with Crippen molar-refractivity contribution in [1.29, 1.82) is 5.26 Å². The molecule has 0 radical (unpaired) electrons. The van der Waals surface area contributed by atoms with Gasteiger partial charge in [-0.15, -0.1) is 0 Å². The van der Waals surface area contributed by atoms with Crippen LogP contribution in [-0.4, -0.2) is 65.3 Å². The fourth-order valence-corrected chi connectivity index (χ4v) is 4.10. The van der Waals surface area contributed by atoms with Gasteiger partial charge in [-0.1, -0.05) is 6.07 Å². The highest BCUT2D eigenvalue weighted by molar-refractivity contribution is 5.98. The lowest BCUT2D eigenvalue weighted by atomic mass is 10.1. The zero-order valence-corrected chi connectivity index (χ0v) is 16.3. The largest absolute Gasteiger partial charge is 0.468 e. The van der Waals surface area contributed by atoms with Crippen molar-refractivity contribution < 1.29 is 14.0 Å². The van der Waals surface area contributed by atoms with E-state index < -0.39 is 6.04 Å². The SMILES string of the molecule is N#Cc1cccc(C(=O)N2CCN(Cc3ccco3)CC2C(=O)N2CCCC2)c1. The molecule has 0 bridgehead atoms. The molecule has 0 aliphatic carbocycles.